The van der Waals surface area contributed by atoms with E-state index in [4.69, 9.17) is 15.2 Å². The first-order chi connectivity index (χ1) is 5.52. The van der Waals surface area contributed by atoms with E-state index in [0.717, 1.165) is 0 Å². The first kappa shape index (κ1) is 11.8. The van der Waals surface area contributed by atoms with Gasteiger partial charge in [0.2, 0.25) is 0 Å². The zero-order chi connectivity index (χ0) is 9.61. The average molecular weight is 177 g/mol. The summed E-state index contributed by atoms with van der Waals surface area (Å²) in [7, 11) is 1.54. The fourth-order valence-corrected chi connectivity index (χ4v) is 0.621. The van der Waals surface area contributed by atoms with Crippen molar-refractivity contribution >= 4 is 0 Å². The Hall–Kier alpha value is -0.160. The molecule has 0 saturated heterocycles. The molecule has 0 aromatic carbocycles. The van der Waals surface area contributed by atoms with Gasteiger partial charge in [0.1, 0.15) is 6.10 Å². The van der Waals surface area contributed by atoms with E-state index in [-0.39, 0.29) is 12.2 Å². The number of aliphatic hydroxyl groups is 1. The first-order valence-corrected chi connectivity index (χ1v) is 4.03. The summed E-state index contributed by atoms with van der Waals surface area (Å²) in [5, 5.41) is 9.22. The molecule has 0 amide bonds. The predicted molar refractivity (Wildman–Crippen MR) is 47.0 cm³/mol. The van der Waals surface area contributed by atoms with Crippen molar-refractivity contribution in [3.8, 4) is 0 Å². The van der Waals surface area contributed by atoms with Gasteiger partial charge in [0.05, 0.1) is 18.8 Å². The van der Waals surface area contributed by atoms with Crippen LogP contribution >= 0.6 is 0 Å². The van der Waals surface area contributed by atoms with Gasteiger partial charge in [-0.3, -0.25) is 0 Å². The van der Waals surface area contributed by atoms with Crippen molar-refractivity contribution < 1.29 is 14.6 Å². The highest BCUT2D eigenvalue weighted by molar-refractivity contribution is 4.69. The summed E-state index contributed by atoms with van der Waals surface area (Å²) in [5.41, 5.74) is 5.06. The lowest BCUT2D eigenvalue weighted by molar-refractivity contribution is -0.0702. The fraction of sp³-hybridized carbons (Fsp3) is 1.00. The van der Waals surface area contributed by atoms with Crippen molar-refractivity contribution in [2.75, 3.05) is 26.9 Å². The third-order valence-electron chi connectivity index (χ3n) is 1.52. The number of hydrogen-bond donors (Lipinski definition) is 2. The molecule has 0 rings (SSSR count). The highest BCUT2D eigenvalue weighted by atomic mass is 16.5. The quantitative estimate of drug-likeness (QED) is 0.587. The van der Waals surface area contributed by atoms with Crippen LogP contribution < -0.4 is 5.73 Å². The van der Waals surface area contributed by atoms with Gasteiger partial charge in [-0.2, -0.15) is 0 Å². The molecule has 0 aromatic heterocycles. The van der Waals surface area contributed by atoms with Crippen molar-refractivity contribution in [2.24, 2.45) is 5.73 Å². The first-order valence-electron chi connectivity index (χ1n) is 4.03. The van der Waals surface area contributed by atoms with Crippen molar-refractivity contribution in [3.63, 3.8) is 0 Å². The molecular formula is C8H19NO3. The molecule has 0 heterocycles. The molecule has 1 atom stereocenters. The van der Waals surface area contributed by atoms with E-state index < -0.39 is 6.10 Å². The van der Waals surface area contributed by atoms with E-state index in [9.17, 15) is 5.11 Å². The number of ether oxygens (including phenoxy) is 2. The number of nitrogens with two attached hydrogens (primary N) is 1. The monoisotopic (exact) mass is 177 g/mol. The van der Waals surface area contributed by atoms with Gasteiger partial charge in [-0.1, -0.05) is 0 Å². The van der Waals surface area contributed by atoms with Crippen LogP contribution in [0.4, 0.5) is 0 Å². The summed E-state index contributed by atoms with van der Waals surface area (Å²) in [4.78, 5) is 0. The minimum absolute atomic E-state index is 0.262. The maximum absolute atomic E-state index is 9.22. The van der Waals surface area contributed by atoms with Gasteiger partial charge in [0, 0.05) is 13.7 Å². The molecule has 4 heteroatoms. The van der Waals surface area contributed by atoms with E-state index in [1.807, 2.05) is 13.8 Å². The summed E-state index contributed by atoms with van der Waals surface area (Å²) < 4.78 is 10.1. The molecule has 4 nitrogen and oxygen atoms in total. The molecule has 0 aliphatic heterocycles. The molecular weight excluding hydrogens is 158 g/mol. The van der Waals surface area contributed by atoms with E-state index in [2.05, 4.69) is 0 Å². The topological polar surface area (TPSA) is 64.7 Å². The van der Waals surface area contributed by atoms with Gasteiger partial charge in [-0.05, 0) is 13.8 Å². The standard InChI is InChI=1S/C8H19NO3/c1-8(2,6-9)12-5-7(10)4-11-3/h7,10H,4-6,9H2,1-3H3. The van der Waals surface area contributed by atoms with Crippen LogP contribution in [-0.2, 0) is 9.47 Å². The summed E-state index contributed by atoms with van der Waals surface area (Å²) in [6, 6.07) is 0. The zero-order valence-corrected chi connectivity index (χ0v) is 8.04. The number of rotatable bonds is 6. The summed E-state index contributed by atoms with van der Waals surface area (Å²) in [6.07, 6.45) is -0.569. The molecule has 1 unspecified atom stereocenters. The molecule has 74 valence electrons. The Balaban J connectivity index is 3.52. The average Bonchev–Trinajstić information content (AvgIpc) is 2.02. The van der Waals surface area contributed by atoms with Gasteiger partial charge >= 0.3 is 0 Å². The third-order valence-corrected chi connectivity index (χ3v) is 1.52. The lowest BCUT2D eigenvalue weighted by Gasteiger charge is -2.24. The van der Waals surface area contributed by atoms with Gasteiger partial charge in [-0.15, -0.1) is 0 Å². The van der Waals surface area contributed by atoms with Crippen molar-refractivity contribution in [1.29, 1.82) is 0 Å². The van der Waals surface area contributed by atoms with Crippen LogP contribution in [0.3, 0.4) is 0 Å². The predicted octanol–water partition coefficient (Wildman–Crippen LogP) is -0.252. The van der Waals surface area contributed by atoms with E-state index in [0.29, 0.717) is 13.2 Å². The van der Waals surface area contributed by atoms with Crippen molar-refractivity contribution in [1.82, 2.24) is 0 Å². The number of aliphatic hydroxyl groups excluding tert-OH is 1. The minimum Gasteiger partial charge on any atom is -0.388 e. The van der Waals surface area contributed by atoms with Crippen LogP contribution in [0.25, 0.3) is 0 Å². The molecule has 0 fully saturated rings. The molecule has 0 spiro atoms. The summed E-state index contributed by atoms with van der Waals surface area (Å²) >= 11 is 0. The van der Waals surface area contributed by atoms with Crippen LogP contribution in [0.5, 0.6) is 0 Å². The second-order valence-electron chi connectivity index (χ2n) is 3.38. The van der Waals surface area contributed by atoms with Gasteiger partial charge in [0.25, 0.3) is 0 Å². The number of hydrogen-bond acceptors (Lipinski definition) is 4. The van der Waals surface area contributed by atoms with Crippen LogP contribution in [0.1, 0.15) is 13.8 Å². The zero-order valence-electron chi connectivity index (χ0n) is 8.04. The van der Waals surface area contributed by atoms with Gasteiger partial charge in [-0.25, -0.2) is 0 Å². The molecule has 0 aromatic rings. The van der Waals surface area contributed by atoms with E-state index >= 15 is 0 Å². The van der Waals surface area contributed by atoms with E-state index in [1.165, 1.54) is 7.11 Å². The Morgan fingerprint density at radius 2 is 2.00 bits per heavy atom. The largest absolute Gasteiger partial charge is 0.388 e. The second-order valence-corrected chi connectivity index (χ2v) is 3.38. The Labute approximate surface area is 73.7 Å². The Kier molecular flexibility index (Phi) is 5.41. The van der Waals surface area contributed by atoms with Crippen LogP contribution in [0.15, 0.2) is 0 Å². The second kappa shape index (κ2) is 5.48. The molecule has 0 bridgehead atoms. The Bertz CT molecular complexity index is 117. The molecule has 0 radical (unpaired) electrons. The van der Waals surface area contributed by atoms with Crippen LogP contribution in [0.2, 0.25) is 0 Å². The molecule has 0 saturated carbocycles. The summed E-state index contributed by atoms with van der Waals surface area (Å²) in [5.74, 6) is 0. The fourth-order valence-electron chi connectivity index (χ4n) is 0.621. The highest BCUT2D eigenvalue weighted by Gasteiger charge is 2.17. The maximum Gasteiger partial charge on any atom is 0.101 e. The lowest BCUT2D eigenvalue weighted by Crippen LogP contribution is -2.37. The van der Waals surface area contributed by atoms with Crippen molar-refractivity contribution in [3.05, 3.63) is 0 Å². The summed E-state index contributed by atoms with van der Waals surface area (Å²) in [6.45, 7) is 4.75. The molecule has 0 aliphatic carbocycles. The lowest BCUT2D eigenvalue weighted by atomic mass is 10.1. The van der Waals surface area contributed by atoms with Gasteiger partial charge < -0.3 is 20.3 Å². The maximum atomic E-state index is 9.22. The highest BCUT2D eigenvalue weighted by Crippen LogP contribution is 2.06. The minimum atomic E-state index is -0.569. The smallest absolute Gasteiger partial charge is 0.101 e. The molecule has 0 aliphatic rings. The third kappa shape index (κ3) is 5.49. The van der Waals surface area contributed by atoms with Crippen molar-refractivity contribution in [2.45, 2.75) is 25.6 Å². The SMILES string of the molecule is COCC(O)COC(C)(C)CN. The van der Waals surface area contributed by atoms with E-state index in [1.54, 1.807) is 0 Å². The van der Waals surface area contributed by atoms with Crippen LogP contribution in [0, 0.1) is 0 Å². The number of methoxy groups -OCH3 is 1. The molecule has 12 heavy (non-hydrogen) atoms. The Morgan fingerprint density at radius 1 is 1.42 bits per heavy atom. The Morgan fingerprint density at radius 3 is 2.42 bits per heavy atom. The van der Waals surface area contributed by atoms with Crippen LogP contribution in [-0.4, -0.2) is 43.7 Å². The van der Waals surface area contributed by atoms with Gasteiger partial charge in [0.15, 0.2) is 0 Å². The molecule has 3 N–H and O–H groups in total. The normalized spacial score (nSPS) is 14.8.